The molecule has 0 unspecified atom stereocenters. The third kappa shape index (κ3) is 2.38. The Morgan fingerprint density at radius 3 is 1.89 bits per heavy atom. The second-order valence-corrected chi connectivity index (χ2v) is 4.56. The zero-order valence-corrected chi connectivity index (χ0v) is 6.91. The van der Waals surface area contributed by atoms with E-state index in [1.807, 2.05) is 0 Å². The maximum absolute atomic E-state index is 2.34. The Hall–Kier alpha value is 0. The summed E-state index contributed by atoms with van der Waals surface area (Å²) in [7, 11) is 0. The highest BCUT2D eigenvalue weighted by molar-refractivity contribution is 4.75. The topological polar surface area (TPSA) is 0 Å². The zero-order valence-electron chi connectivity index (χ0n) is 6.91. The molecule has 0 saturated heterocycles. The highest BCUT2D eigenvalue weighted by Gasteiger charge is 2.23. The molecule has 1 fully saturated rings. The smallest absolute Gasteiger partial charge is 0.0380 e. The molecule has 0 aliphatic heterocycles. The average molecular weight is 126 g/mol. The normalized spacial score (nSPS) is 21.7. The van der Waals surface area contributed by atoms with E-state index in [1.54, 1.807) is 0 Å². The lowest BCUT2D eigenvalue weighted by Gasteiger charge is -2.31. The summed E-state index contributed by atoms with van der Waals surface area (Å²) in [5.41, 5.74) is 0.574. The number of rotatable bonds is 1. The van der Waals surface area contributed by atoms with E-state index >= 15 is 0 Å². The van der Waals surface area contributed by atoms with Crippen LogP contribution in [0.25, 0.3) is 0 Å². The summed E-state index contributed by atoms with van der Waals surface area (Å²) in [5.74, 6) is 1.07. The van der Waals surface area contributed by atoms with Gasteiger partial charge in [-0.25, -0.2) is 0 Å². The Morgan fingerprint density at radius 2 is 1.78 bits per heavy atom. The van der Waals surface area contributed by atoms with Crippen molar-refractivity contribution in [2.24, 2.45) is 11.3 Å². The highest BCUT2D eigenvalue weighted by atomic mass is 14.3. The van der Waals surface area contributed by atoms with E-state index in [0.717, 1.165) is 5.92 Å². The summed E-state index contributed by atoms with van der Waals surface area (Å²) in [6.07, 6.45) is 5.92. The van der Waals surface area contributed by atoms with Crippen LogP contribution >= 0.6 is 0 Å². The van der Waals surface area contributed by atoms with E-state index < -0.39 is 0 Å². The molecule has 0 amide bonds. The molecule has 0 radical (unpaired) electrons. The van der Waals surface area contributed by atoms with Crippen molar-refractivity contribution >= 4 is 0 Å². The summed E-state index contributed by atoms with van der Waals surface area (Å²) in [6, 6.07) is 0. The van der Waals surface area contributed by atoms with Crippen LogP contribution in [-0.4, -0.2) is 0 Å². The lowest BCUT2D eigenvalue weighted by atomic mass is 9.74. The predicted octanol–water partition coefficient (Wildman–Crippen LogP) is 3.22. The fraction of sp³-hybridized carbons (Fsp3) is 1.00. The van der Waals surface area contributed by atoms with E-state index in [4.69, 9.17) is 0 Å². The van der Waals surface area contributed by atoms with Gasteiger partial charge in [0.15, 0.2) is 0 Å². The Morgan fingerprint density at radius 1 is 1.22 bits per heavy atom. The average Bonchev–Trinajstić information content (AvgIpc) is 1.53. The molecule has 0 aromatic heterocycles. The largest absolute Gasteiger partial charge is 0.0602 e. The number of hydrogen-bond acceptors (Lipinski definition) is 0. The van der Waals surface area contributed by atoms with Gasteiger partial charge in [0, 0.05) is 0 Å². The monoisotopic (exact) mass is 126 g/mol. The maximum Gasteiger partial charge on any atom is -0.0380 e. The molecule has 0 spiro atoms. The van der Waals surface area contributed by atoms with Gasteiger partial charge in [0.2, 0.25) is 0 Å². The van der Waals surface area contributed by atoms with Crippen LogP contribution in [0.5, 0.6) is 0 Å². The van der Waals surface area contributed by atoms with E-state index in [2.05, 4.69) is 20.8 Å². The van der Waals surface area contributed by atoms with Gasteiger partial charge in [-0.05, 0) is 17.8 Å². The lowest BCUT2D eigenvalue weighted by Crippen LogP contribution is -2.18. The molecule has 1 aliphatic rings. The van der Waals surface area contributed by atoms with Gasteiger partial charge in [-0.3, -0.25) is 0 Å². The molecular formula is C9H18. The first-order valence-corrected chi connectivity index (χ1v) is 4.08. The Kier molecular flexibility index (Phi) is 1.83. The van der Waals surface area contributed by atoms with Crippen LogP contribution in [0.3, 0.4) is 0 Å². The van der Waals surface area contributed by atoms with Crippen molar-refractivity contribution < 1.29 is 0 Å². The third-order valence-electron chi connectivity index (χ3n) is 2.13. The maximum atomic E-state index is 2.34. The van der Waals surface area contributed by atoms with Crippen LogP contribution in [0.2, 0.25) is 0 Å². The first kappa shape index (κ1) is 7.11. The quantitative estimate of drug-likeness (QED) is 0.506. The Bertz CT molecular complexity index is 82.7. The second kappa shape index (κ2) is 2.32. The van der Waals surface area contributed by atoms with Gasteiger partial charge in [-0.1, -0.05) is 40.0 Å². The molecular weight excluding hydrogens is 108 g/mol. The van der Waals surface area contributed by atoms with Crippen molar-refractivity contribution in [3.63, 3.8) is 0 Å². The second-order valence-electron chi connectivity index (χ2n) is 4.56. The first-order chi connectivity index (χ1) is 4.08. The molecule has 0 nitrogen and oxygen atoms in total. The van der Waals surface area contributed by atoms with Crippen molar-refractivity contribution in [2.45, 2.75) is 46.5 Å². The standard InChI is InChI=1S/C9H18/c1-9(2,3)7-8-5-4-6-8/h8H,4-7H2,1-3H3. The molecule has 0 heterocycles. The minimum absolute atomic E-state index is 0.574. The molecule has 1 rings (SSSR count). The van der Waals surface area contributed by atoms with E-state index in [-0.39, 0.29) is 0 Å². The minimum atomic E-state index is 0.574. The Labute approximate surface area is 58.7 Å². The van der Waals surface area contributed by atoms with Crippen LogP contribution in [0, 0.1) is 11.3 Å². The summed E-state index contributed by atoms with van der Waals surface area (Å²) >= 11 is 0. The Balaban J connectivity index is 2.16. The van der Waals surface area contributed by atoms with Crippen molar-refractivity contribution in [3.05, 3.63) is 0 Å². The van der Waals surface area contributed by atoms with Gasteiger partial charge in [0.25, 0.3) is 0 Å². The SMILES string of the molecule is CC(C)(C)CC1CCC1. The molecule has 9 heavy (non-hydrogen) atoms. The van der Waals surface area contributed by atoms with Crippen molar-refractivity contribution in [3.8, 4) is 0 Å². The van der Waals surface area contributed by atoms with Crippen molar-refractivity contribution in [1.82, 2.24) is 0 Å². The van der Waals surface area contributed by atoms with Crippen molar-refractivity contribution in [2.75, 3.05) is 0 Å². The van der Waals surface area contributed by atoms with Crippen LogP contribution in [0.1, 0.15) is 46.5 Å². The van der Waals surface area contributed by atoms with Gasteiger partial charge in [0.05, 0.1) is 0 Å². The highest BCUT2D eigenvalue weighted by Crippen LogP contribution is 2.36. The molecule has 0 aromatic rings. The van der Waals surface area contributed by atoms with Crippen LogP contribution in [0.15, 0.2) is 0 Å². The minimum Gasteiger partial charge on any atom is -0.0602 e. The van der Waals surface area contributed by atoms with Gasteiger partial charge < -0.3 is 0 Å². The molecule has 1 aliphatic carbocycles. The fourth-order valence-electron chi connectivity index (χ4n) is 1.56. The molecule has 0 aromatic carbocycles. The van der Waals surface area contributed by atoms with Gasteiger partial charge in [-0.2, -0.15) is 0 Å². The lowest BCUT2D eigenvalue weighted by molar-refractivity contribution is 0.207. The first-order valence-electron chi connectivity index (χ1n) is 4.08. The zero-order chi connectivity index (χ0) is 6.91. The molecule has 0 atom stereocenters. The van der Waals surface area contributed by atoms with Gasteiger partial charge >= 0.3 is 0 Å². The molecule has 0 bridgehead atoms. The molecule has 0 N–H and O–H groups in total. The molecule has 1 saturated carbocycles. The fourth-order valence-corrected chi connectivity index (χ4v) is 1.56. The number of hydrogen-bond donors (Lipinski definition) is 0. The van der Waals surface area contributed by atoms with Gasteiger partial charge in [0.1, 0.15) is 0 Å². The van der Waals surface area contributed by atoms with E-state index in [0.29, 0.717) is 5.41 Å². The van der Waals surface area contributed by atoms with Crippen LogP contribution in [0.4, 0.5) is 0 Å². The van der Waals surface area contributed by atoms with Gasteiger partial charge in [-0.15, -0.1) is 0 Å². The van der Waals surface area contributed by atoms with E-state index in [9.17, 15) is 0 Å². The molecule has 0 heteroatoms. The summed E-state index contributed by atoms with van der Waals surface area (Å²) in [4.78, 5) is 0. The summed E-state index contributed by atoms with van der Waals surface area (Å²) in [5, 5.41) is 0. The van der Waals surface area contributed by atoms with E-state index in [1.165, 1.54) is 25.7 Å². The van der Waals surface area contributed by atoms with Crippen molar-refractivity contribution in [1.29, 1.82) is 0 Å². The van der Waals surface area contributed by atoms with Crippen LogP contribution < -0.4 is 0 Å². The molecule has 54 valence electrons. The summed E-state index contributed by atoms with van der Waals surface area (Å²) in [6.45, 7) is 7.02. The van der Waals surface area contributed by atoms with Crippen LogP contribution in [-0.2, 0) is 0 Å². The predicted molar refractivity (Wildman–Crippen MR) is 41.4 cm³/mol. The third-order valence-corrected chi connectivity index (χ3v) is 2.13. The summed E-state index contributed by atoms with van der Waals surface area (Å²) < 4.78 is 0.